The van der Waals surface area contributed by atoms with Crippen LogP contribution in [0.5, 0.6) is 0 Å². The van der Waals surface area contributed by atoms with Crippen LogP contribution in [-0.4, -0.2) is 11.2 Å². The predicted molar refractivity (Wildman–Crippen MR) is 72.6 cm³/mol. The van der Waals surface area contributed by atoms with Crippen LogP contribution in [-0.2, 0) is 0 Å². The molecule has 0 bridgehead atoms. The maximum absolute atomic E-state index is 10.3. The van der Waals surface area contributed by atoms with Crippen molar-refractivity contribution in [2.75, 3.05) is 0 Å². The van der Waals surface area contributed by atoms with E-state index in [1.54, 1.807) is 0 Å². The second kappa shape index (κ2) is 4.66. The Morgan fingerprint density at radius 2 is 1.76 bits per heavy atom. The van der Waals surface area contributed by atoms with Gasteiger partial charge in [-0.25, -0.2) is 0 Å². The molecule has 1 nitrogen and oxygen atoms in total. The molecule has 0 fully saturated rings. The second-order valence-electron chi connectivity index (χ2n) is 6.08. The van der Waals surface area contributed by atoms with E-state index in [9.17, 15) is 5.11 Å². The highest BCUT2D eigenvalue weighted by molar-refractivity contribution is 5.69. The number of rotatable bonds is 1. The molecule has 0 heterocycles. The van der Waals surface area contributed by atoms with Gasteiger partial charge in [0.15, 0.2) is 0 Å². The van der Waals surface area contributed by atoms with Crippen LogP contribution in [0.1, 0.15) is 39.2 Å². The van der Waals surface area contributed by atoms with Gasteiger partial charge in [-0.05, 0) is 35.3 Å². The molecule has 0 aromatic heterocycles. The lowest BCUT2D eigenvalue weighted by atomic mass is 9.71. The molecule has 1 aliphatic rings. The third-order valence-electron chi connectivity index (χ3n) is 3.82. The number of hydrogen-bond donors (Lipinski definition) is 1. The summed E-state index contributed by atoms with van der Waals surface area (Å²) in [6.45, 7) is 6.77. The predicted octanol–water partition coefficient (Wildman–Crippen LogP) is 3.89. The van der Waals surface area contributed by atoms with Gasteiger partial charge in [0.1, 0.15) is 0 Å². The van der Waals surface area contributed by atoms with E-state index in [0.29, 0.717) is 5.92 Å². The molecule has 0 unspecified atom stereocenters. The zero-order chi connectivity index (χ0) is 12.5. The first kappa shape index (κ1) is 12.4. The summed E-state index contributed by atoms with van der Waals surface area (Å²) in [4.78, 5) is 0. The fourth-order valence-corrected chi connectivity index (χ4v) is 2.55. The molecular formula is C16H22O. The normalized spacial score (nSPS) is 25.5. The van der Waals surface area contributed by atoms with Crippen molar-refractivity contribution in [3.05, 3.63) is 42.0 Å². The molecule has 0 saturated carbocycles. The van der Waals surface area contributed by atoms with Crippen LogP contribution in [0.25, 0.3) is 5.57 Å². The number of allylic oxidation sites excluding steroid dienone is 1. The summed E-state index contributed by atoms with van der Waals surface area (Å²) >= 11 is 0. The molecule has 1 aromatic rings. The fourth-order valence-electron chi connectivity index (χ4n) is 2.55. The van der Waals surface area contributed by atoms with Gasteiger partial charge in [-0.3, -0.25) is 0 Å². The van der Waals surface area contributed by atoms with Gasteiger partial charge in [0, 0.05) is 0 Å². The lowest BCUT2D eigenvalue weighted by Gasteiger charge is -2.35. The Balaban J connectivity index is 2.20. The summed E-state index contributed by atoms with van der Waals surface area (Å²) in [5, 5.41) is 10.3. The van der Waals surface area contributed by atoms with Crippen LogP contribution in [0.3, 0.4) is 0 Å². The molecule has 2 rings (SSSR count). The van der Waals surface area contributed by atoms with E-state index in [2.05, 4.69) is 39.0 Å². The Kier molecular flexibility index (Phi) is 3.39. The van der Waals surface area contributed by atoms with E-state index in [-0.39, 0.29) is 11.5 Å². The van der Waals surface area contributed by atoms with Crippen LogP contribution >= 0.6 is 0 Å². The molecule has 0 saturated heterocycles. The quantitative estimate of drug-likeness (QED) is 0.776. The minimum absolute atomic E-state index is 0.277. The summed E-state index contributed by atoms with van der Waals surface area (Å²) in [6, 6.07) is 10.2. The average Bonchev–Trinajstić information content (AvgIpc) is 2.29. The van der Waals surface area contributed by atoms with Crippen molar-refractivity contribution in [2.24, 2.45) is 11.3 Å². The third-order valence-corrected chi connectivity index (χ3v) is 3.82. The topological polar surface area (TPSA) is 20.2 Å². The second-order valence-corrected chi connectivity index (χ2v) is 6.08. The van der Waals surface area contributed by atoms with Gasteiger partial charge in [-0.15, -0.1) is 0 Å². The van der Waals surface area contributed by atoms with Crippen molar-refractivity contribution in [1.29, 1.82) is 0 Å². The van der Waals surface area contributed by atoms with Crippen LogP contribution in [0.2, 0.25) is 0 Å². The van der Waals surface area contributed by atoms with E-state index in [0.717, 1.165) is 24.0 Å². The van der Waals surface area contributed by atoms with Crippen molar-refractivity contribution >= 4 is 5.57 Å². The third kappa shape index (κ3) is 2.78. The van der Waals surface area contributed by atoms with E-state index >= 15 is 0 Å². The fraction of sp³-hybridized carbons (Fsp3) is 0.500. The van der Waals surface area contributed by atoms with Crippen LogP contribution in [0.15, 0.2) is 36.4 Å². The molecule has 1 heteroatoms. The van der Waals surface area contributed by atoms with Gasteiger partial charge in [0.25, 0.3) is 0 Å². The standard InChI is InChI=1S/C16H22O/c1-16(2,3)13-9-10-14(15(17)11-13)12-7-5-4-6-8-12/h4-8,10,13,15,17H,9,11H2,1-3H3/t13-,15-/m1/s1. The average molecular weight is 230 g/mol. The van der Waals surface area contributed by atoms with E-state index in [1.807, 2.05) is 18.2 Å². The number of aliphatic hydroxyl groups excluding tert-OH is 1. The van der Waals surface area contributed by atoms with E-state index in [4.69, 9.17) is 0 Å². The first-order valence-electron chi connectivity index (χ1n) is 6.42. The Morgan fingerprint density at radius 1 is 1.12 bits per heavy atom. The Hall–Kier alpha value is -1.08. The molecule has 0 spiro atoms. The summed E-state index contributed by atoms with van der Waals surface area (Å²) in [5.41, 5.74) is 2.54. The summed E-state index contributed by atoms with van der Waals surface area (Å²) in [7, 11) is 0. The Labute approximate surface area is 104 Å². The van der Waals surface area contributed by atoms with Crippen LogP contribution < -0.4 is 0 Å². The molecule has 0 amide bonds. The van der Waals surface area contributed by atoms with Gasteiger partial charge in [0.05, 0.1) is 6.10 Å². The van der Waals surface area contributed by atoms with Gasteiger partial charge >= 0.3 is 0 Å². The first-order valence-corrected chi connectivity index (χ1v) is 6.42. The highest BCUT2D eigenvalue weighted by atomic mass is 16.3. The van der Waals surface area contributed by atoms with Crippen molar-refractivity contribution in [2.45, 2.75) is 39.7 Å². The van der Waals surface area contributed by atoms with Crippen LogP contribution in [0.4, 0.5) is 0 Å². The zero-order valence-corrected chi connectivity index (χ0v) is 11.0. The molecule has 0 radical (unpaired) electrons. The summed E-state index contributed by atoms with van der Waals surface area (Å²) < 4.78 is 0. The number of hydrogen-bond acceptors (Lipinski definition) is 1. The maximum atomic E-state index is 10.3. The van der Waals surface area contributed by atoms with Gasteiger partial charge in [-0.2, -0.15) is 0 Å². The van der Waals surface area contributed by atoms with E-state index < -0.39 is 0 Å². The molecular weight excluding hydrogens is 208 g/mol. The summed E-state index contributed by atoms with van der Waals surface area (Å²) in [5.74, 6) is 0.574. The van der Waals surface area contributed by atoms with Gasteiger partial charge < -0.3 is 5.11 Å². The SMILES string of the molecule is CC(C)(C)[C@@H]1CC=C(c2ccccc2)[C@H](O)C1. The Morgan fingerprint density at radius 3 is 2.29 bits per heavy atom. The number of aliphatic hydroxyl groups is 1. The van der Waals surface area contributed by atoms with Crippen molar-refractivity contribution in [1.82, 2.24) is 0 Å². The maximum Gasteiger partial charge on any atom is 0.0795 e. The lowest BCUT2D eigenvalue weighted by Crippen LogP contribution is -2.28. The molecule has 1 aromatic carbocycles. The lowest BCUT2D eigenvalue weighted by molar-refractivity contribution is 0.131. The number of benzene rings is 1. The van der Waals surface area contributed by atoms with Gasteiger partial charge in [0.2, 0.25) is 0 Å². The largest absolute Gasteiger partial charge is 0.388 e. The summed E-state index contributed by atoms with van der Waals surface area (Å²) in [6.07, 6.45) is 3.87. The highest BCUT2D eigenvalue weighted by Crippen LogP contribution is 2.39. The van der Waals surface area contributed by atoms with E-state index in [1.165, 1.54) is 0 Å². The highest BCUT2D eigenvalue weighted by Gasteiger charge is 2.30. The van der Waals surface area contributed by atoms with Gasteiger partial charge in [-0.1, -0.05) is 57.2 Å². The molecule has 92 valence electrons. The zero-order valence-electron chi connectivity index (χ0n) is 11.0. The van der Waals surface area contributed by atoms with Crippen LogP contribution in [0, 0.1) is 11.3 Å². The van der Waals surface area contributed by atoms with Crippen molar-refractivity contribution in [3.63, 3.8) is 0 Å². The molecule has 0 aliphatic heterocycles. The van der Waals surface area contributed by atoms with Crippen molar-refractivity contribution in [3.8, 4) is 0 Å². The first-order chi connectivity index (χ1) is 7.98. The molecule has 1 aliphatic carbocycles. The monoisotopic (exact) mass is 230 g/mol. The smallest absolute Gasteiger partial charge is 0.0795 e. The minimum Gasteiger partial charge on any atom is -0.388 e. The molecule has 1 N–H and O–H groups in total. The van der Waals surface area contributed by atoms with Crippen molar-refractivity contribution < 1.29 is 5.11 Å². The molecule has 2 atom stereocenters. The minimum atomic E-state index is -0.310. The Bertz CT molecular complexity index is 397. The molecule has 17 heavy (non-hydrogen) atoms.